The number of benzene rings is 3. The minimum Gasteiger partial charge on any atom is -0.481 e. The highest BCUT2D eigenvalue weighted by Gasteiger charge is 2.06. The molecular formula is C28H37N9O5. The molecule has 0 aliphatic carbocycles. The molecule has 4 rings (SSSR count). The monoisotopic (exact) mass is 579 g/mol. The maximum Gasteiger partial charge on any atom is 0.300 e. The molecule has 0 aliphatic rings. The van der Waals surface area contributed by atoms with Crippen LogP contribution in [0, 0.1) is 39.0 Å². The standard InChI is InChI=1S/C10H11N3O.C8H11N3O.C8H8N2.C2H4O2.H3NO/c1-6-3-4-8(5-9(6)11)10-12-7(2)14-13-10;1-5-2-3-6(4-7(5)9)8(10)11-12;1-6-2-3-7(5-9)4-8(6)10;1-2(3)4;1-2/h3-5H,11H2,1-2H3;2-4,12H,9H2,1H3,(H2,10,11);2-4H,10H2,1H3;1H3,(H,3,4);2H,1H2. The Morgan fingerprint density at radius 1 is 0.881 bits per heavy atom. The van der Waals surface area contributed by atoms with Crippen molar-refractivity contribution in [3.63, 3.8) is 0 Å². The maximum absolute atomic E-state index is 9.00. The highest BCUT2D eigenvalue weighted by atomic mass is 16.5. The van der Waals surface area contributed by atoms with E-state index in [1.807, 2.05) is 57.2 Å². The molecule has 0 aliphatic heterocycles. The zero-order valence-corrected chi connectivity index (χ0v) is 24.0. The Bertz CT molecular complexity index is 1510. The molecular weight excluding hydrogens is 542 g/mol. The number of hydrogen-bond donors (Lipinski definition) is 8. The van der Waals surface area contributed by atoms with E-state index in [1.54, 1.807) is 31.2 Å². The number of carbonyl (C=O) groups is 1. The summed E-state index contributed by atoms with van der Waals surface area (Å²) in [6, 6.07) is 18.2. The van der Waals surface area contributed by atoms with Gasteiger partial charge in [-0.25, -0.2) is 5.90 Å². The van der Waals surface area contributed by atoms with Crippen molar-refractivity contribution in [1.82, 2.24) is 10.1 Å². The molecule has 13 N–H and O–H groups in total. The summed E-state index contributed by atoms with van der Waals surface area (Å²) < 4.78 is 4.89. The van der Waals surface area contributed by atoms with Gasteiger partial charge >= 0.3 is 0 Å². The third-order valence-corrected chi connectivity index (χ3v) is 5.16. The maximum atomic E-state index is 9.00. The van der Waals surface area contributed by atoms with E-state index in [0.717, 1.165) is 34.9 Å². The first-order chi connectivity index (χ1) is 19.8. The number of oxime groups is 1. The summed E-state index contributed by atoms with van der Waals surface area (Å²) in [5, 5.41) is 37.4. The minimum absolute atomic E-state index is 0.0710. The van der Waals surface area contributed by atoms with E-state index in [0.29, 0.717) is 34.2 Å². The van der Waals surface area contributed by atoms with E-state index in [4.69, 9.17) is 53.0 Å². The number of anilines is 3. The summed E-state index contributed by atoms with van der Waals surface area (Å²) in [5.41, 5.74) is 29.5. The van der Waals surface area contributed by atoms with Crippen LogP contribution < -0.4 is 28.8 Å². The van der Waals surface area contributed by atoms with Crippen molar-refractivity contribution >= 4 is 28.9 Å². The second kappa shape index (κ2) is 18.6. The normalized spacial score (nSPS) is 9.62. The van der Waals surface area contributed by atoms with Gasteiger partial charge in [0.1, 0.15) is 0 Å². The van der Waals surface area contributed by atoms with Gasteiger partial charge in [0, 0.05) is 42.0 Å². The van der Waals surface area contributed by atoms with Gasteiger partial charge in [-0.05, 0) is 61.7 Å². The highest BCUT2D eigenvalue weighted by molar-refractivity contribution is 5.97. The van der Waals surface area contributed by atoms with Crippen molar-refractivity contribution < 1.29 is 24.8 Å². The zero-order valence-electron chi connectivity index (χ0n) is 24.0. The van der Waals surface area contributed by atoms with Gasteiger partial charge in [-0.15, -0.1) is 0 Å². The molecule has 4 aromatic rings. The second-order valence-electron chi connectivity index (χ2n) is 8.47. The van der Waals surface area contributed by atoms with E-state index < -0.39 is 5.97 Å². The quantitative estimate of drug-likeness (QED) is 0.0555. The van der Waals surface area contributed by atoms with Crippen LogP contribution in [0.4, 0.5) is 17.1 Å². The summed E-state index contributed by atoms with van der Waals surface area (Å²) in [5.74, 6) is 3.87. The fourth-order valence-electron chi connectivity index (χ4n) is 2.76. The predicted molar refractivity (Wildman–Crippen MR) is 161 cm³/mol. The zero-order chi connectivity index (χ0) is 32.4. The molecule has 1 heterocycles. The molecule has 0 saturated heterocycles. The Morgan fingerprint density at radius 2 is 1.36 bits per heavy atom. The Kier molecular flexibility index (Phi) is 16.1. The van der Waals surface area contributed by atoms with Crippen molar-refractivity contribution in [2.45, 2.75) is 34.6 Å². The molecule has 0 amide bonds. The van der Waals surface area contributed by atoms with Crippen LogP contribution in [-0.2, 0) is 4.79 Å². The Morgan fingerprint density at radius 3 is 1.76 bits per heavy atom. The molecule has 3 aromatic carbocycles. The van der Waals surface area contributed by atoms with Crippen molar-refractivity contribution in [1.29, 1.82) is 5.26 Å². The summed E-state index contributed by atoms with van der Waals surface area (Å²) in [4.78, 5) is 13.1. The highest BCUT2D eigenvalue weighted by Crippen LogP contribution is 2.21. The molecule has 1 aromatic heterocycles. The molecule has 0 atom stereocenters. The van der Waals surface area contributed by atoms with Crippen LogP contribution >= 0.6 is 0 Å². The van der Waals surface area contributed by atoms with Crippen LogP contribution in [0.3, 0.4) is 0 Å². The molecule has 0 saturated carbocycles. The molecule has 0 unspecified atom stereocenters. The van der Waals surface area contributed by atoms with Crippen LogP contribution in [-0.4, -0.2) is 37.5 Å². The second-order valence-corrected chi connectivity index (χ2v) is 8.47. The fraction of sp³-hybridized carbons (Fsp3) is 0.179. The van der Waals surface area contributed by atoms with Crippen LogP contribution in [0.25, 0.3) is 11.4 Å². The smallest absolute Gasteiger partial charge is 0.300 e. The third kappa shape index (κ3) is 12.9. The Hall–Kier alpha value is -5.65. The third-order valence-electron chi connectivity index (χ3n) is 5.16. The van der Waals surface area contributed by atoms with Gasteiger partial charge in [-0.3, -0.25) is 4.79 Å². The van der Waals surface area contributed by atoms with Gasteiger partial charge in [0.05, 0.1) is 11.6 Å². The number of nitrogen functional groups attached to an aromatic ring is 3. The number of aliphatic carboxylic acids is 1. The number of carboxylic acids is 1. The van der Waals surface area contributed by atoms with E-state index in [9.17, 15) is 0 Å². The van der Waals surface area contributed by atoms with E-state index in [2.05, 4.69) is 21.2 Å². The summed E-state index contributed by atoms with van der Waals surface area (Å²) >= 11 is 0. The number of aromatic nitrogens is 2. The fourth-order valence-corrected chi connectivity index (χ4v) is 2.76. The molecule has 0 radical (unpaired) electrons. The summed E-state index contributed by atoms with van der Waals surface area (Å²) in [6.45, 7) is 8.61. The number of carboxylic acid groups (broad SMARTS) is 1. The molecule has 224 valence electrons. The number of nitrogens with two attached hydrogens (primary N) is 5. The van der Waals surface area contributed by atoms with Gasteiger partial charge in [0.15, 0.2) is 5.84 Å². The Balaban J connectivity index is 0.000000554. The molecule has 42 heavy (non-hydrogen) atoms. The predicted octanol–water partition coefficient (Wildman–Crippen LogP) is 3.48. The SMILES string of the molecule is CC(=O)O.Cc1ccc(C#N)cc1N.Cc1ccc(C(N)=NO)cc1N.Cc1nc(-c2ccc(C)c(N)c2)no1.NO. The van der Waals surface area contributed by atoms with E-state index in [-0.39, 0.29) is 5.84 Å². The van der Waals surface area contributed by atoms with Crippen LogP contribution in [0.2, 0.25) is 0 Å². The molecule has 0 bridgehead atoms. The number of nitriles is 1. The van der Waals surface area contributed by atoms with Crippen molar-refractivity contribution in [2.24, 2.45) is 16.8 Å². The number of rotatable bonds is 2. The molecule has 0 fully saturated rings. The number of amidine groups is 1. The first kappa shape index (κ1) is 36.4. The first-order valence-electron chi connectivity index (χ1n) is 12.0. The van der Waals surface area contributed by atoms with Crippen LogP contribution in [0.1, 0.15) is 40.6 Å². The van der Waals surface area contributed by atoms with Crippen molar-refractivity contribution in [2.75, 3.05) is 17.2 Å². The van der Waals surface area contributed by atoms with Crippen LogP contribution in [0.5, 0.6) is 0 Å². The van der Waals surface area contributed by atoms with Gasteiger partial charge in [-0.1, -0.05) is 40.6 Å². The average molecular weight is 580 g/mol. The van der Waals surface area contributed by atoms with Crippen LogP contribution in [0.15, 0.2) is 64.3 Å². The number of aryl methyl sites for hydroxylation is 4. The first-order valence-corrected chi connectivity index (χ1v) is 12.0. The Labute approximate surface area is 243 Å². The lowest BCUT2D eigenvalue weighted by molar-refractivity contribution is -0.134. The van der Waals surface area contributed by atoms with Gasteiger partial charge in [0.2, 0.25) is 11.7 Å². The topological polar surface area (TPSA) is 283 Å². The molecule has 0 spiro atoms. The lowest BCUT2D eigenvalue weighted by atomic mass is 10.1. The van der Waals surface area contributed by atoms with Gasteiger partial charge in [-0.2, -0.15) is 10.2 Å². The van der Waals surface area contributed by atoms with E-state index in [1.165, 1.54) is 0 Å². The molecule has 14 nitrogen and oxygen atoms in total. The largest absolute Gasteiger partial charge is 0.481 e. The minimum atomic E-state index is -0.833. The number of nitrogens with zero attached hydrogens (tertiary/aromatic N) is 4. The van der Waals surface area contributed by atoms with Gasteiger partial charge < -0.3 is 43.0 Å². The number of hydrogen-bond acceptors (Lipinski definition) is 12. The van der Waals surface area contributed by atoms with Crippen molar-refractivity contribution in [3.8, 4) is 17.5 Å². The summed E-state index contributed by atoms with van der Waals surface area (Å²) in [7, 11) is 0. The molecule has 14 heteroatoms. The van der Waals surface area contributed by atoms with E-state index >= 15 is 0 Å². The summed E-state index contributed by atoms with van der Waals surface area (Å²) in [6.07, 6.45) is 0. The van der Waals surface area contributed by atoms with Crippen molar-refractivity contribution in [3.05, 3.63) is 88.3 Å². The lowest BCUT2D eigenvalue weighted by Gasteiger charge is -2.02. The van der Waals surface area contributed by atoms with Gasteiger partial charge in [0.25, 0.3) is 5.97 Å². The average Bonchev–Trinajstić information content (AvgIpc) is 3.40. The lowest BCUT2D eigenvalue weighted by Crippen LogP contribution is -2.13.